The molecule has 0 aromatic carbocycles. The van der Waals surface area contributed by atoms with Gasteiger partial charge in [-0.3, -0.25) is 0 Å². The Hall–Kier alpha value is -0.710. The van der Waals surface area contributed by atoms with E-state index in [9.17, 15) is 0 Å². The normalized spacial score (nSPS) is 9.47. The van der Waals surface area contributed by atoms with Crippen molar-refractivity contribution < 1.29 is 19.0 Å². The van der Waals surface area contributed by atoms with Crippen LogP contribution in [0.4, 0.5) is 0 Å². The molecule has 0 radical (unpaired) electrons. The van der Waals surface area contributed by atoms with Crippen molar-refractivity contribution in [1.82, 2.24) is 0 Å². The molecule has 0 saturated heterocycles. The maximum absolute atomic E-state index is 8.81. The summed E-state index contributed by atoms with van der Waals surface area (Å²) in [6, 6.07) is 0. The summed E-state index contributed by atoms with van der Waals surface area (Å²) >= 11 is 0. The lowest BCUT2D eigenvalue weighted by Crippen LogP contribution is -2.35. The molecule has 0 amide bonds. The third-order valence-corrected chi connectivity index (χ3v) is 2.10. The highest BCUT2D eigenvalue weighted by molar-refractivity contribution is 5.44. The topological polar surface area (TPSA) is 44.8 Å². The summed E-state index contributed by atoms with van der Waals surface area (Å²) in [7, 11) is 5.11. The van der Waals surface area contributed by atoms with Gasteiger partial charge in [0.05, 0.1) is 19.8 Å². The van der Waals surface area contributed by atoms with Gasteiger partial charge in [0.2, 0.25) is 0 Å². The molecule has 0 saturated carbocycles. The van der Waals surface area contributed by atoms with Gasteiger partial charge < -0.3 is 19.0 Å². The van der Waals surface area contributed by atoms with Crippen LogP contribution in [0.3, 0.4) is 0 Å². The van der Waals surface area contributed by atoms with E-state index in [1.54, 1.807) is 21.3 Å². The molecule has 104 valence electrons. The number of carbonyl (C=O) groups excluding carboxylic acids is 1. The zero-order valence-electron chi connectivity index (χ0n) is 12.0. The van der Waals surface area contributed by atoms with Gasteiger partial charge in [0.1, 0.15) is 6.29 Å². The van der Waals surface area contributed by atoms with Crippen LogP contribution >= 0.6 is 0 Å². The highest BCUT2D eigenvalue weighted by atomic mass is 16.5. The van der Waals surface area contributed by atoms with Crippen LogP contribution in [-0.2, 0) is 19.0 Å². The van der Waals surface area contributed by atoms with Gasteiger partial charge in [-0.05, 0) is 13.3 Å². The second kappa shape index (κ2) is 17.7. The molecule has 0 atom stereocenters. The molecule has 0 aromatic heterocycles. The van der Waals surface area contributed by atoms with E-state index < -0.39 is 0 Å². The SMILES string of the molecule is C=C.CC=O.CCC(COC)(COC)COC. The highest BCUT2D eigenvalue weighted by Gasteiger charge is 2.28. The number of hydrogen-bond acceptors (Lipinski definition) is 4. The van der Waals surface area contributed by atoms with E-state index in [2.05, 4.69) is 20.1 Å². The molecular weight excluding hydrogens is 220 g/mol. The van der Waals surface area contributed by atoms with E-state index in [-0.39, 0.29) is 5.41 Å². The number of rotatable bonds is 7. The quantitative estimate of drug-likeness (QED) is 0.512. The maximum atomic E-state index is 8.81. The van der Waals surface area contributed by atoms with Crippen molar-refractivity contribution in [3.05, 3.63) is 13.2 Å². The number of hydrogen-bond donors (Lipinski definition) is 0. The van der Waals surface area contributed by atoms with Gasteiger partial charge in [0.25, 0.3) is 0 Å². The lowest BCUT2D eigenvalue weighted by Gasteiger charge is -2.30. The Labute approximate surface area is 106 Å². The highest BCUT2D eigenvalue weighted by Crippen LogP contribution is 2.22. The Bertz CT molecular complexity index is 131. The second-order valence-electron chi connectivity index (χ2n) is 3.39. The standard InChI is InChI=1S/C9H20O3.C2H4O.C2H4/c1-5-9(6-10-2,7-11-3)8-12-4;1-2-3;1-2/h5-8H2,1-4H3;2H,1H3;1-2H2. The third kappa shape index (κ3) is 13.2. The number of carbonyl (C=O) groups is 1. The molecular formula is C13H28O4. The average Bonchev–Trinajstić information content (AvgIpc) is 2.33. The van der Waals surface area contributed by atoms with Crippen LogP contribution in [0.25, 0.3) is 0 Å². The van der Waals surface area contributed by atoms with Crippen molar-refractivity contribution in [2.75, 3.05) is 41.2 Å². The van der Waals surface area contributed by atoms with Gasteiger partial charge in [0, 0.05) is 26.7 Å². The third-order valence-electron chi connectivity index (χ3n) is 2.10. The summed E-state index contributed by atoms with van der Waals surface area (Å²) in [6.45, 7) is 11.6. The van der Waals surface area contributed by atoms with Gasteiger partial charge in [-0.25, -0.2) is 0 Å². The molecule has 17 heavy (non-hydrogen) atoms. The fourth-order valence-corrected chi connectivity index (χ4v) is 1.35. The molecule has 0 aliphatic rings. The van der Waals surface area contributed by atoms with Crippen molar-refractivity contribution in [3.8, 4) is 0 Å². The van der Waals surface area contributed by atoms with Gasteiger partial charge in [0.15, 0.2) is 0 Å². The molecule has 0 rings (SSSR count). The molecule has 0 aromatic rings. The average molecular weight is 248 g/mol. The summed E-state index contributed by atoms with van der Waals surface area (Å²) in [5.74, 6) is 0. The minimum atomic E-state index is 0.0260. The summed E-state index contributed by atoms with van der Waals surface area (Å²) < 4.78 is 15.4. The molecule has 0 aliphatic carbocycles. The van der Waals surface area contributed by atoms with E-state index >= 15 is 0 Å². The van der Waals surface area contributed by atoms with Crippen LogP contribution in [0.1, 0.15) is 20.3 Å². The summed E-state index contributed by atoms with van der Waals surface area (Å²) in [6.07, 6.45) is 1.75. The minimum Gasteiger partial charge on any atom is -0.384 e. The Morgan fingerprint density at radius 1 is 1.00 bits per heavy atom. The smallest absolute Gasteiger partial charge is 0.116 e. The minimum absolute atomic E-state index is 0.0260. The monoisotopic (exact) mass is 248 g/mol. The summed E-state index contributed by atoms with van der Waals surface area (Å²) in [5, 5.41) is 0. The largest absolute Gasteiger partial charge is 0.384 e. The lowest BCUT2D eigenvalue weighted by molar-refractivity contribution is -0.106. The zero-order valence-corrected chi connectivity index (χ0v) is 12.0. The first kappa shape index (κ1) is 21.6. The molecule has 0 spiro atoms. The Morgan fingerprint density at radius 2 is 1.24 bits per heavy atom. The van der Waals surface area contributed by atoms with Gasteiger partial charge in [-0.15, -0.1) is 13.2 Å². The summed E-state index contributed by atoms with van der Waals surface area (Å²) in [4.78, 5) is 8.81. The van der Waals surface area contributed by atoms with Crippen LogP contribution in [0.5, 0.6) is 0 Å². The molecule has 0 fully saturated rings. The number of aldehydes is 1. The molecule has 4 heteroatoms. The van der Waals surface area contributed by atoms with Crippen molar-refractivity contribution in [3.63, 3.8) is 0 Å². The molecule has 4 nitrogen and oxygen atoms in total. The van der Waals surface area contributed by atoms with Gasteiger partial charge >= 0.3 is 0 Å². The van der Waals surface area contributed by atoms with Crippen LogP contribution in [0, 0.1) is 5.41 Å². The predicted octanol–water partition coefficient (Wildman–Crippen LogP) is 2.33. The maximum Gasteiger partial charge on any atom is 0.116 e. The first-order valence-corrected chi connectivity index (χ1v) is 5.53. The second-order valence-corrected chi connectivity index (χ2v) is 3.39. The number of methoxy groups -OCH3 is 3. The van der Waals surface area contributed by atoms with Crippen molar-refractivity contribution in [2.45, 2.75) is 20.3 Å². The lowest BCUT2D eigenvalue weighted by atomic mass is 9.88. The van der Waals surface area contributed by atoms with Crippen LogP contribution in [-0.4, -0.2) is 47.4 Å². The Morgan fingerprint density at radius 3 is 1.35 bits per heavy atom. The first-order chi connectivity index (χ1) is 8.16. The van der Waals surface area contributed by atoms with E-state index in [1.807, 2.05) is 0 Å². The molecule has 0 aliphatic heterocycles. The molecule has 0 unspecified atom stereocenters. The van der Waals surface area contributed by atoms with Gasteiger partial charge in [-0.2, -0.15) is 0 Å². The van der Waals surface area contributed by atoms with Crippen LogP contribution in [0.2, 0.25) is 0 Å². The Kier molecular flexibility index (Phi) is 22.4. The molecule has 0 heterocycles. The molecule has 0 bridgehead atoms. The predicted molar refractivity (Wildman–Crippen MR) is 71.3 cm³/mol. The number of ether oxygens (including phenoxy) is 3. The fourth-order valence-electron chi connectivity index (χ4n) is 1.35. The van der Waals surface area contributed by atoms with Crippen molar-refractivity contribution in [2.24, 2.45) is 5.41 Å². The first-order valence-electron chi connectivity index (χ1n) is 5.53. The van der Waals surface area contributed by atoms with E-state index in [0.29, 0.717) is 19.8 Å². The van der Waals surface area contributed by atoms with Crippen molar-refractivity contribution in [1.29, 1.82) is 0 Å². The Balaban J connectivity index is -0.000000337. The zero-order chi connectivity index (χ0) is 14.2. The van der Waals surface area contributed by atoms with Crippen LogP contribution < -0.4 is 0 Å². The van der Waals surface area contributed by atoms with Crippen LogP contribution in [0.15, 0.2) is 13.2 Å². The van der Waals surface area contributed by atoms with E-state index in [0.717, 1.165) is 12.7 Å². The van der Waals surface area contributed by atoms with E-state index in [4.69, 9.17) is 19.0 Å². The fraction of sp³-hybridized carbons (Fsp3) is 0.769. The van der Waals surface area contributed by atoms with E-state index in [1.165, 1.54) is 6.92 Å². The molecule has 0 N–H and O–H groups in total. The summed E-state index contributed by atoms with van der Waals surface area (Å²) in [5.41, 5.74) is 0.0260. The van der Waals surface area contributed by atoms with Gasteiger partial charge in [-0.1, -0.05) is 6.92 Å². The van der Waals surface area contributed by atoms with Crippen molar-refractivity contribution >= 4 is 6.29 Å².